The number of anilines is 3. The molecule has 2 aliphatic rings. The molecular weight excluding hydrogens is 745 g/mol. The van der Waals surface area contributed by atoms with E-state index in [2.05, 4.69) is 230 Å². The number of para-hydroxylation sites is 2. The number of benzene rings is 8. The van der Waals surface area contributed by atoms with Crippen molar-refractivity contribution in [2.45, 2.75) is 25.2 Å². The van der Waals surface area contributed by atoms with E-state index in [0.29, 0.717) is 11.8 Å². The number of fused-ring (bicyclic) bond motifs is 9. The summed E-state index contributed by atoms with van der Waals surface area (Å²) in [5.74, 6) is 0.868. The molecule has 0 saturated carbocycles. The summed E-state index contributed by atoms with van der Waals surface area (Å²) < 4.78 is 5.05. The molecule has 2 nitrogen and oxygen atoms in total. The van der Waals surface area contributed by atoms with E-state index in [4.69, 9.17) is 0 Å². The number of hydrogen-bond acceptors (Lipinski definition) is 2. The number of rotatable bonds is 6. The average molecular weight is 787 g/mol. The van der Waals surface area contributed by atoms with E-state index < -0.39 is 0 Å². The molecule has 10 aromatic rings. The van der Waals surface area contributed by atoms with Crippen LogP contribution in [0.1, 0.15) is 30.9 Å². The fourth-order valence-electron chi connectivity index (χ4n) is 10.3. The molecule has 0 spiro atoms. The lowest BCUT2D eigenvalue weighted by molar-refractivity contribution is 0.394. The van der Waals surface area contributed by atoms with Gasteiger partial charge in [-0.3, -0.25) is 0 Å². The summed E-state index contributed by atoms with van der Waals surface area (Å²) in [5, 5.41) is 5.18. The summed E-state index contributed by atoms with van der Waals surface area (Å²) in [6, 6.07) is 67.4. The third kappa shape index (κ3) is 5.39. The Kier molecular flexibility index (Phi) is 7.92. The van der Waals surface area contributed by atoms with Gasteiger partial charge in [-0.05, 0) is 118 Å². The Balaban J connectivity index is 0.960. The highest BCUT2D eigenvalue weighted by molar-refractivity contribution is 7.26. The van der Waals surface area contributed by atoms with Gasteiger partial charge in [-0.25, -0.2) is 0 Å². The van der Waals surface area contributed by atoms with Gasteiger partial charge in [0, 0.05) is 59.6 Å². The Morgan fingerprint density at radius 2 is 1.15 bits per heavy atom. The van der Waals surface area contributed by atoms with E-state index >= 15 is 0 Å². The normalized spacial score (nSPS) is 16.5. The van der Waals surface area contributed by atoms with Crippen molar-refractivity contribution in [3.63, 3.8) is 0 Å². The molecule has 0 aliphatic heterocycles. The SMILES string of the molecule is CC1(C)c2cc(N(c3ccc(-c4ccc5c(c4)c4ccccc4n5-c4ccccc4)cc3)c3ccc(-c4cccc5c4sc4ccccc45)cc3)ccc2C2C=CC=CC21. The Morgan fingerprint density at radius 3 is 1.97 bits per heavy atom. The molecule has 2 aliphatic carbocycles. The molecular formula is C57H42N2S. The van der Waals surface area contributed by atoms with Crippen LogP contribution in [0.3, 0.4) is 0 Å². The monoisotopic (exact) mass is 786 g/mol. The third-order valence-corrected chi connectivity index (χ3v) is 14.5. The maximum absolute atomic E-state index is 2.46. The van der Waals surface area contributed by atoms with Crippen molar-refractivity contribution in [3.8, 4) is 27.9 Å². The lowest BCUT2D eigenvalue weighted by atomic mass is 9.74. The van der Waals surface area contributed by atoms with E-state index in [1.165, 1.54) is 86.7 Å². The van der Waals surface area contributed by atoms with Crippen molar-refractivity contribution in [1.29, 1.82) is 0 Å². The minimum Gasteiger partial charge on any atom is -0.310 e. The topological polar surface area (TPSA) is 8.17 Å². The van der Waals surface area contributed by atoms with E-state index in [1.54, 1.807) is 0 Å². The Hall–Kier alpha value is -6.94. The number of aromatic nitrogens is 1. The van der Waals surface area contributed by atoms with Gasteiger partial charge in [-0.15, -0.1) is 11.3 Å². The van der Waals surface area contributed by atoms with Gasteiger partial charge in [0.15, 0.2) is 0 Å². The predicted molar refractivity (Wildman–Crippen MR) is 257 cm³/mol. The quantitative estimate of drug-likeness (QED) is 0.163. The Morgan fingerprint density at radius 1 is 0.500 bits per heavy atom. The molecule has 2 unspecified atom stereocenters. The number of allylic oxidation sites excluding steroid dienone is 4. The van der Waals surface area contributed by atoms with Crippen LogP contribution in [0.4, 0.5) is 17.1 Å². The summed E-state index contributed by atoms with van der Waals surface area (Å²) in [5.41, 5.74) is 14.9. The molecule has 8 aromatic carbocycles. The maximum atomic E-state index is 2.46. The second-order valence-corrected chi connectivity index (χ2v) is 18.0. The molecule has 0 amide bonds. The van der Waals surface area contributed by atoms with E-state index in [-0.39, 0.29) is 5.41 Å². The Labute approximate surface area is 354 Å². The van der Waals surface area contributed by atoms with Crippen molar-refractivity contribution in [3.05, 3.63) is 217 Å². The molecule has 0 N–H and O–H groups in total. The molecule has 0 saturated heterocycles. The van der Waals surface area contributed by atoms with Gasteiger partial charge in [0.1, 0.15) is 0 Å². The second kappa shape index (κ2) is 13.6. The zero-order valence-electron chi connectivity index (χ0n) is 33.6. The highest BCUT2D eigenvalue weighted by Gasteiger charge is 2.44. The lowest BCUT2D eigenvalue weighted by Gasteiger charge is -2.30. The van der Waals surface area contributed by atoms with Crippen LogP contribution in [-0.2, 0) is 5.41 Å². The van der Waals surface area contributed by atoms with Crippen LogP contribution in [0.15, 0.2) is 206 Å². The van der Waals surface area contributed by atoms with Crippen LogP contribution in [0.5, 0.6) is 0 Å². The predicted octanol–water partition coefficient (Wildman–Crippen LogP) is 16.1. The van der Waals surface area contributed by atoms with E-state index in [9.17, 15) is 0 Å². The van der Waals surface area contributed by atoms with Gasteiger partial charge < -0.3 is 9.47 Å². The summed E-state index contributed by atoms with van der Waals surface area (Å²) in [6.07, 6.45) is 9.24. The first-order valence-electron chi connectivity index (χ1n) is 21.0. The highest BCUT2D eigenvalue weighted by Crippen LogP contribution is 2.54. The van der Waals surface area contributed by atoms with Gasteiger partial charge in [0.05, 0.1) is 11.0 Å². The van der Waals surface area contributed by atoms with Gasteiger partial charge in [-0.1, -0.05) is 147 Å². The standard InChI is InChI=1S/C57H42N2S/c1-57(2)51-20-9-6-15-45(51)46-33-32-43(36-52(46)57)58(42-30-25-38(26-31-42)44-18-12-19-49-48-17-8-11-22-55(48)60-56(44)49)41-28-23-37(24-29-41)39-27-34-54-50(35-39)47-16-7-10-21-53(47)59(54)40-13-4-3-5-14-40/h3-36,45,51H,1-2H3. The van der Waals surface area contributed by atoms with E-state index in [0.717, 1.165) is 11.4 Å². The molecule has 2 aromatic heterocycles. The highest BCUT2D eigenvalue weighted by atomic mass is 32.1. The van der Waals surface area contributed by atoms with Gasteiger partial charge in [0.2, 0.25) is 0 Å². The molecule has 0 radical (unpaired) electrons. The average Bonchev–Trinajstić information content (AvgIpc) is 3.92. The fourth-order valence-corrected chi connectivity index (χ4v) is 11.6. The van der Waals surface area contributed by atoms with Crippen molar-refractivity contribution in [1.82, 2.24) is 4.57 Å². The van der Waals surface area contributed by atoms with Crippen LogP contribution in [0, 0.1) is 5.92 Å². The molecule has 286 valence electrons. The zero-order chi connectivity index (χ0) is 40.0. The van der Waals surface area contributed by atoms with Gasteiger partial charge in [-0.2, -0.15) is 0 Å². The summed E-state index contributed by atoms with van der Waals surface area (Å²) in [4.78, 5) is 2.44. The van der Waals surface area contributed by atoms with Crippen LogP contribution in [0.25, 0.3) is 69.9 Å². The van der Waals surface area contributed by atoms with Crippen molar-refractivity contribution >= 4 is 70.4 Å². The number of hydrogen-bond donors (Lipinski definition) is 0. The molecule has 2 atom stereocenters. The van der Waals surface area contributed by atoms with Crippen LogP contribution >= 0.6 is 11.3 Å². The first kappa shape index (κ1) is 35.0. The summed E-state index contributed by atoms with van der Waals surface area (Å²) in [7, 11) is 0. The Bertz CT molecular complexity index is 3340. The number of thiophene rings is 1. The van der Waals surface area contributed by atoms with Crippen molar-refractivity contribution < 1.29 is 0 Å². The molecule has 0 bridgehead atoms. The largest absolute Gasteiger partial charge is 0.310 e. The molecule has 3 heteroatoms. The first-order chi connectivity index (χ1) is 29.5. The van der Waals surface area contributed by atoms with Gasteiger partial charge >= 0.3 is 0 Å². The molecule has 12 rings (SSSR count). The van der Waals surface area contributed by atoms with Crippen molar-refractivity contribution in [2.24, 2.45) is 5.92 Å². The zero-order valence-corrected chi connectivity index (χ0v) is 34.4. The van der Waals surface area contributed by atoms with Gasteiger partial charge in [0.25, 0.3) is 0 Å². The molecule has 0 fully saturated rings. The lowest BCUT2D eigenvalue weighted by Crippen LogP contribution is -2.24. The number of nitrogens with zero attached hydrogens (tertiary/aromatic N) is 2. The maximum Gasteiger partial charge on any atom is 0.0541 e. The van der Waals surface area contributed by atoms with Crippen LogP contribution in [-0.4, -0.2) is 4.57 Å². The minimum absolute atomic E-state index is 0.0157. The third-order valence-electron chi connectivity index (χ3n) is 13.3. The van der Waals surface area contributed by atoms with Crippen LogP contribution < -0.4 is 4.90 Å². The van der Waals surface area contributed by atoms with Crippen LogP contribution in [0.2, 0.25) is 0 Å². The second-order valence-electron chi connectivity index (χ2n) is 16.9. The molecule has 2 heterocycles. The minimum atomic E-state index is 0.0157. The fraction of sp³-hybridized carbons (Fsp3) is 0.0877. The van der Waals surface area contributed by atoms with Crippen molar-refractivity contribution in [2.75, 3.05) is 4.90 Å². The summed E-state index contributed by atoms with van der Waals surface area (Å²) in [6.45, 7) is 4.83. The summed E-state index contributed by atoms with van der Waals surface area (Å²) >= 11 is 1.89. The smallest absolute Gasteiger partial charge is 0.0541 e. The first-order valence-corrected chi connectivity index (χ1v) is 21.8. The molecule has 60 heavy (non-hydrogen) atoms. The van der Waals surface area contributed by atoms with E-state index in [1.807, 2.05) is 11.3 Å².